The largest absolute Gasteiger partial charge is 0.480 e. The molecule has 8 N–H and O–H groups in total. The zero-order valence-corrected chi connectivity index (χ0v) is 20.4. The first-order valence-electron chi connectivity index (χ1n) is 11.5. The number of benzene rings is 1. The fraction of sp³-hybridized carbons (Fsp3) is 0.500. The number of fused-ring (bicyclic) bond motifs is 1. The van der Waals surface area contributed by atoms with Crippen molar-refractivity contribution in [1.29, 1.82) is 0 Å². The number of aliphatic hydroxyl groups is 1. The van der Waals surface area contributed by atoms with Gasteiger partial charge >= 0.3 is 5.97 Å². The summed E-state index contributed by atoms with van der Waals surface area (Å²) in [6.07, 6.45) is 0.834. The van der Waals surface area contributed by atoms with E-state index in [-0.39, 0.29) is 12.3 Å². The number of aromatic nitrogens is 1. The van der Waals surface area contributed by atoms with Crippen molar-refractivity contribution < 1.29 is 29.4 Å². The van der Waals surface area contributed by atoms with Gasteiger partial charge < -0.3 is 36.9 Å². The van der Waals surface area contributed by atoms with Gasteiger partial charge in [0.2, 0.25) is 17.7 Å². The molecule has 0 spiro atoms. The van der Waals surface area contributed by atoms with E-state index in [0.717, 1.165) is 16.5 Å². The number of carbonyl (C=O) groups excluding carboxylic acids is 3. The summed E-state index contributed by atoms with van der Waals surface area (Å²) in [6, 6.07) is 2.89. The van der Waals surface area contributed by atoms with E-state index in [0.29, 0.717) is 6.42 Å². The zero-order chi connectivity index (χ0) is 26.3. The summed E-state index contributed by atoms with van der Waals surface area (Å²) < 4.78 is 0. The van der Waals surface area contributed by atoms with Crippen molar-refractivity contribution >= 4 is 34.6 Å². The average molecular weight is 490 g/mol. The van der Waals surface area contributed by atoms with E-state index < -0.39 is 54.0 Å². The van der Waals surface area contributed by atoms with E-state index >= 15 is 0 Å². The molecule has 11 heteroatoms. The smallest absolute Gasteiger partial charge is 0.328 e. The number of carboxylic acid groups (broad SMARTS) is 1. The van der Waals surface area contributed by atoms with E-state index in [1.165, 1.54) is 13.8 Å². The minimum atomic E-state index is -1.56. The number of nitrogens with one attached hydrogen (secondary N) is 4. The van der Waals surface area contributed by atoms with Gasteiger partial charge in [0.15, 0.2) is 6.04 Å². The van der Waals surface area contributed by atoms with Crippen LogP contribution >= 0.6 is 0 Å². The Balaban J connectivity index is 2.21. The minimum Gasteiger partial charge on any atom is -0.480 e. The number of rotatable bonds is 12. The van der Waals surface area contributed by atoms with E-state index in [1.807, 2.05) is 38.1 Å². The van der Waals surface area contributed by atoms with E-state index in [2.05, 4.69) is 20.9 Å². The zero-order valence-electron chi connectivity index (χ0n) is 20.4. The molecule has 35 heavy (non-hydrogen) atoms. The molecule has 192 valence electrons. The number of para-hydroxylation sites is 1. The lowest BCUT2D eigenvalue weighted by molar-refractivity contribution is -0.145. The highest BCUT2D eigenvalue weighted by Crippen LogP contribution is 2.19. The molecule has 5 unspecified atom stereocenters. The molecule has 0 aliphatic rings. The predicted octanol–water partition coefficient (Wildman–Crippen LogP) is 0.0235. The number of aliphatic carboxylic acids is 1. The third kappa shape index (κ3) is 7.79. The van der Waals surface area contributed by atoms with Crippen LogP contribution in [0, 0.1) is 5.92 Å². The molecule has 1 aromatic carbocycles. The third-order valence-corrected chi connectivity index (χ3v) is 5.59. The highest BCUT2D eigenvalue weighted by molar-refractivity contribution is 5.94. The highest BCUT2D eigenvalue weighted by Gasteiger charge is 2.31. The Morgan fingerprint density at radius 2 is 1.63 bits per heavy atom. The van der Waals surface area contributed by atoms with Crippen molar-refractivity contribution in [1.82, 2.24) is 20.9 Å². The second kappa shape index (κ2) is 12.3. The predicted molar refractivity (Wildman–Crippen MR) is 130 cm³/mol. The molecule has 0 aliphatic heterocycles. The topological polar surface area (TPSA) is 187 Å². The monoisotopic (exact) mass is 489 g/mol. The van der Waals surface area contributed by atoms with Crippen molar-refractivity contribution in [2.75, 3.05) is 0 Å². The van der Waals surface area contributed by atoms with Gasteiger partial charge in [-0.25, -0.2) is 4.79 Å². The summed E-state index contributed by atoms with van der Waals surface area (Å²) in [5.41, 5.74) is 7.44. The molecule has 0 saturated carbocycles. The van der Waals surface area contributed by atoms with Gasteiger partial charge in [-0.3, -0.25) is 14.4 Å². The first-order valence-corrected chi connectivity index (χ1v) is 11.5. The number of H-pyrrole nitrogens is 1. The van der Waals surface area contributed by atoms with Gasteiger partial charge in [0.1, 0.15) is 12.1 Å². The van der Waals surface area contributed by atoms with E-state index in [4.69, 9.17) is 5.73 Å². The molecule has 0 aliphatic carbocycles. The number of hydrogen-bond donors (Lipinski definition) is 7. The van der Waals surface area contributed by atoms with Crippen molar-refractivity contribution in [2.24, 2.45) is 11.7 Å². The summed E-state index contributed by atoms with van der Waals surface area (Å²) in [6.45, 7) is 6.56. The average Bonchev–Trinajstić information content (AvgIpc) is 3.18. The molecule has 3 amide bonds. The molecule has 1 heterocycles. The summed E-state index contributed by atoms with van der Waals surface area (Å²) >= 11 is 0. The minimum absolute atomic E-state index is 0.0429. The molecule has 5 atom stereocenters. The Morgan fingerprint density at radius 1 is 0.971 bits per heavy atom. The number of carboxylic acids is 1. The van der Waals surface area contributed by atoms with Crippen molar-refractivity contribution in [2.45, 2.75) is 70.8 Å². The van der Waals surface area contributed by atoms with Gasteiger partial charge in [0, 0.05) is 23.5 Å². The van der Waals surface area contributed by atoms with E-state index in [9.17, 15) is 29.4 Å². The third-order valence-electron chi connectivity index (χ3n) is 5.59. The lowest BCUT2D eigenvalue weighted by Crippen LogP contribution is -2.58. The summed E-state index contributed by atoms with van der Waals surface area (Å²) in [5, 5.41) is 27.3. The fourth-order valence-electron chi connectivity index (χ4n) is 3.67. The molecule has 2 rings (SSSR count). The SMILES string of the molecule is CC(C)CC(N)C(=O)NC(C)C(=O)NC(Cc1c[nH]c2ccccc12)C(=O)NC(C(=O)O)C(C)O. The molecule has 2 aromatic rings. The van der Waals surface area contributed by atoms with Crippen LogP contribution < -0.4 is 21.7 Å². The molecular weight excluding hydrogens is 454 g/mol. The van der Waals surface area contributed by atoms with Crippen LogP contribution in [0.25, 0.3) is 10.9 Å². The van der Waals surface area contributed by atoms with Gasteiger partial charge in [0.05, 0.1) is 12.1 Å². The van der Waals surface area contributed by atoms with E-state index in [1.54, 1.807) is 6.20 Å². The molecule has 11 nitrogen and oxygen atoms in total. The van der Waals surface area contributed by atoms with Crippen LogP contribution in [0.4, 0.5) is 0 Å². The molecule has 0 radical (unpaired) electrons. The number of carbonyl (C=O) groups is 4. The maximum Gasteiger partial charge on any atom is 0.328 e. The Morgan fingerprint density at radius 3 is 2.23 bits per heavy atom. The second-order valence-corrected chi connectivity index (χ2v) is 9.16. The Hall–Kier alpha value is -3.44. The highest BCUT2D eigenvalue weighted by atomic mass is 16.4. The Labute approximate surface area is 203 Å². The number of amides is 3. The van der Waals surface area contributed by atoms with Crippen LogP contribution in [0.2, 0.25) is 0 Å². The maximum atomic E-state index is 13.0. The van der Waals surface area contributed by atoms with Crippen LogP contribution in [0.5, 0.6) is 0 Å². The van der Waals surface area contributed by atoms with Crippen LogP contribution in [0.15, 0.2) is 30.5 Å². The van der Waals surface area contributed by atoms with Crippen LogP contribution in [0.3, 0.4) is 0 Å². The van der Waals surface area contributed by atoms with Crippen LogP contribution in [0.1, 0.15) is 39.7 Å². The van der Waals surface area contributed by atoms with Crippen LogP contribution in [-0.2, 0) is 25.6 Å². The van der Waals surface area contributed by atoms with Gasteiger partial charge in [-0.05, 0) is 37.8 Å². The standard InChI is InChI=1S/C24H35N5O6/c1-12(2)9-17(25)22(32)27-13(3)21(31)28-19(23(33)29-20(14(4)30)24(34)35)10-15-11-26-18-8-6-5-7-16(15)18/h5-8,11-14,17,19-20,26,30H,9-10,25H2,1-4H3,(H,27,32)(H,28,31)(H,29,33)(H,34,35). The number of hydrogen-bond acceptors (Lipinski definition) is 6. The number of aliphatic hydroxyl groups excluding tert-OH is 1. The maximum absolute atomic E-state index is 13.0. The van der Waals surface area contributed by atoms with Gasteiger partial charge in [-0.15, -0.1) is 0 Å². The van der Waals surface area contributed by atoms with Crippen molar-refractivity contribution in [3.63, 3.8) is 0 Å². The number of aromatic amines is 1. The van der Waals surface area contributed by atoms with Crippen molar-refractivity contribution in [3.05, 3.63) is 36.0 Å². The molecular formula is C24H35N5O6. The van der Waals surface area contributed by atoms with Crippen molar-refractivity contribution in [3.8, 4) is 0 Å². The molecule has 0 bridgehead atoms. The molecule has 0 fully saturated rings. The lowest BCUT2D eigenvalue weighted by Gasteiger charge is -2.24. The first-order chi connectivity index (χ1) is 16.4. The molecule has 1 aromatic heterocycles. The summed E-state index contributed by atoms with van der Waals surface area (Å²) in [7, 11) is 0. The van der Waals surface area contributed by atoms with Gasteiger partial charge in [0.25, 0.3) is 0 Å². The number of nitrogens with two attached hydrogens (primary N) is 1. The summed E-state index contributed by atoms with van der Waals surface area (Å²) in [4.78, 5) is 52.7. The Kier molecular flexibility index (Phi) is 9.78. The molecule has 0 saturated heterocycles. The summed E-state index contributed by atoms with van der Waals surface area (Å²) in [5.74, 6) is -3.13. The van der Waals surface area contributed by atoms with Gasteiger partial charge in [-0.2, -0.15) is 0 Å². The fourth-order valence-corrected chi connectivity index (χ4v) is 3.67. The van der Waals surface area contributed by atoms with Gasteiger partial charge in [-0.1, -0.05) is 32.0 Å². The van der Waals surface area contributed by atoms with Crippen LogP contribution in [-0.4, -0.2) is 69.2 Å². The Bertz CT molecular complexity index is 1050. The normalized spacial score (nSPS) is 15.6. The quantitative estimate of drug-likeness (QED) is 0.219. The first kappa shape index (κ1) is 27.8. The second-order valence-electron chi connectivity index (χ2n) is 9.16. The lowest BCUT2D eigenvalue weighted by atomic mass is 10.0.